The van der Waals surface area contributed by atoms with Crippen LogP contribution >= 0.6 is 0 Å². The van der Waals surface area contributed by atoms with Gasteiger partial charge < -0.3 is 15.3 Å². The molecule has 0 radical (unpaired) electrons. The normalized spacial score (nSPS) is 22.3. The average Bonchev–Trinajstić information content (AvgIpc) is 2.36. The number of carboxylic acids is 1. The molecule has 1 spiro atoms. The number of likely N-dealkylation sites (tertiary alicyclic amines) is 1. The second kappa shape index (κ2) is 5.39. The fourth-order valence-corrected chi connectivity index (χ4v) is 3.53. The van der Waals surface area contributed by atoms with Crippen molar-refractivity contribution >= 4 is 12.0 Å². The summed E-state index contributed by atoms with van der Waals surface area (Å²) in [6.07, 6.45) is 3.54. The third-order valence-electron chi connectivity index (χ3n) is 4.72. The number of hydrogen-bond acceptors (Lipinski definition) is 2. The highest BCUT2D eigenvalue weighted by Crippen LogP contribution is 2.60. The molecule has 2 fully saturated rings. The van der Waals surface area contributed by atoms with Crippen LogP contribution in [-0.4, -0.2) is 35.1 Å². The highest BCUT2D eigenvalue weighted by molar-refractivity contribution is 5.77. The lowest BCUT2D eigenvalue weighted by Gasteiger charge is -2.62. The van der Waals surface area contributed by atoms with E-state index in [1.54, 1.807) is 0 Å². The number of rotatable bonds is 4. The van der Waals surface area contributed by atoms with Gasteiger partial charge in [-0.3, -0.25) is 4.79 Å². The van der Waals surface area contributed by atoms with Crippen LogP contribution in [0.25, 0.3) is 0 Å². The lowest BCUT2D eigenvalue weighted by molar-refractivity contribution is -0.136. The summed E-state index contributed by atoms with van der Waals surface area (Å²) in [5.41, 5.74) is 1.43. The first-order valence-corrected chi connectivity index (χ1v) is 7.44. The third kappa shape index (κ3) is 2.48. The van der Waals surface area contributed by atoms with Gasteiger partial charge in [-0.25, -0.2) is 4.79 Å². The van der Waals surface area contributed by atoms with E-state index in [0.29, 0.717) is 0 Å². The van der Waals surface area contributed by atoms with Crippen molar-refractivity contribution in [1.82, 2.24) is 10.2 Å². The second-order valence-electron chi connectivity index (χ2n) is 6.03. The Morgan fingerprint density at radius 3 is 2.57 bits per heavy atom. The quantitative estimate of drug-likeness (QED) is 0.893. The molecule has 1 aromatic rings. The van der Waals surface area contributed by atoms with Crippen molar-refractivity contribution in [2.45, 2.75) is 31.7 Å². The van der Waals surface area contributed by atoms with E-state index in [2.05, 4.69) is 17.4 Å². The molecule has 3 rings (SSSR count). The molecule has 2 aliphatic rings. The van der Waals surface area contributed by atoms with Crippen LogP contribution in [0.5, 0.6) is 0 Å². The molecule has 1 saturated heterocycles. The zero-order valence-corrected chi connectivity index (χ0v) is 11.9. The van der Waals surface area contributed by atoms with E-state index in [4.69, 9.17) is 5.11 Å². The van der Waals surface area contributed by atoms with Crippen LogP contribution in [-0.2, 0) is 4.79 Å². The van der Waals surface area contributed by atoms with Crippen LogP contribution in [0.3, 0.4) is 0 Å². The monoisotopic (exact) mass is 288 g/mol. The largest absolute Gasteiger partial charge is 0.481 e. The van der Waals surface area contributed by atoms with Gasteiger partial charge in [0.05, 0.1) is 12.5 Å². The van der Waals surface area contributed by atoms with E-state index in [1.165, 1.54) is 24.8 Å². The molecule has 2 amide bonds. The van der Waals surface area contributed by atoms with Crippen molar-refractivity contribution in [2.75, 3.05) is 13.1 Å². The Hall–Kier alpha value is -2.04. The summed E-state index contributed by atoms with van der Waals surface area (Å²) in [4.78, 5) is 24.6. The first kappa shape index (κ1) is 13.9. The lowest BCUT2D eigenvalue weighted by Crippen LogP contribution is -2.65. The highest BCUT2D eigenvalue weighted by Gasteiger charge is 2.57. The molecule has 1 aromatic carbocycles. The minimum atomic E-state index is -0.894. The summed E-state index contributed by atoms with van der Waals surface area (Å²) in [7, 11) is 0. The summed E-state index contributed by atoms with van der Waals surface area (Å²) in [5.74, 6) is -0.894. The number of carbonyl (C=O) groups is 2. The molecule has 2 N–H and O–H groups in total. The number of benzene rings is 1. The molecule has 112 valence electrons. The maximum atomic E-state index is 12.2. The first-order chi connectivity index (χ1) is 10.1. The molecule has 5 nitrogen and oxygen atoms in total. The number of amides is 2. The van der Waals surface area contributed by atoms with E-state index < -0.39 is 5.97 Å². The van der Waals surface area contributed by atoms with E-state index in [0.717, 1.165) is 6.54 Å². The molecule has 0 aromatic heterocycles. The van der Waals surface area contributed by atoms with E-state index in [9.17, 15) is 9.59 Å². The van der Waals surface area contributed by atoms with E-state index >= 15 is 0 Å². The van der Waals surface area contributed by atoms with Gasteiger partial charge in [0.15, 0.2) is 0 Å². The van der Waals surface area contributed by atoms with Gasteiger partial charge in [-0.15, -0.1) is 0 Å². The number of nitrogens with one attached hydrogen (secondary N) is 1. The van der Waals surface area contributed by atoms with E-state index in [1.807, 2.05) is 23.1 Å². The van der Waals surface area contributed by atoms with Gasteiger partial charge in [-0.05, 0) is 18.4 Å². The van der Waals surface area contributed by atoms with Crippen molar-refractivity contribution in [3.8, 4) is 0 Å². The number of carboxylic acid groups (broad SMARTS) is 1. The minimum Gasteiger partial charge on any atom is -0.481 e. The van der Waals surface area contributed by atoms with Crippen LogP contribution in [0, 0.1) is 5.41 Å². The van der Waals surface area contributed by atoms with Crippen LogP contribution in [0.4, 0.5) is 4.79 Å². The standard InChI is InChI=1S/C16H20N2O3/c19-13(20)7-10-17-15(21)18-11-16(8-4-9-16)14(18)12-5-2-1-3-6-12/h1-3,5-6,14H,4,7-11H2,(H,17,21)(H,19,20). The van der Waals surface area contributed by atoms with Crippen LogP contribution in [0.15, 0.2) is 30.3 Å². The number of hydrogen-bond donors (Lipinski definition) is 2. The Morgan fingerprint density at radius 2 is 2.00 bits per heavy atom. The number of urea groups is 1. The predicted molar refractivity (Wildman–Crippen MR) is 77.8 cm³/mol. The molecule has 0 bridgehead atoms. The van der Waals surface area contributed by atoms with Crippen molar-refractivity contribution < 1.29 is 14.7 Å². The Labute approximate surface area is 123 Å². The molecule has 1 aliphatic carbocycles. The Balaban J connectivity index is 1.68. The van der Waals surface area contributed by atoms with Gasteiger partial charge in [0.2, 0.25) is 0 Å². The van der Waals surface area contributed by atoms with Crippen LogP contribution in [0.1, 0.15) is 37.3 Å². The van der Waals surface area contributed by atoms with Gasteiger partial charge in [-0.1, -0.05) is 36.8 Å². The van der Waals surface area contributed by atoms with Crippen LogP contribution in [0.2, 0.25) is 0 Å². The molecule has 1 saturated carbocycles. The zero-order valence-electron chi connectivity index (χ0n) is 11.9. The molecule has 21 heavy (non-hydrogen) atoms. The maximum Gasteiger partial charge on any atom is 0.317 e. The second-order valence-corrected chi connectivity index (χ2v) is 6.03. The molecule has 5 heteroatoms. The topological polar surface area (TPSA) is 69.6 Å². The predicted octanol–water partition coefficient (Wildman–Crippen LogP) is 2.40. The smallest absolute Gasteiger partial charge is 0.317 e. The van der Waals surface area contributed by atoms with E-state index in [-0.39, 0.29) is 30.5 Å². The van der Waals surface area contributed by atoms with Crippen molar-refractivity contribution in [1.29, 1.82) is 0 Å². The SMILES string of the molecule is O=C(O)CCNC(=O)N1CC2(CCC2)C1c1ccccc1. The van der Waals surface area contributed by atoms with Crippen molar-refractivity contribution in [3.05, 3.63) is 35.9 Å². The van der Waals surface area contributed by atoms with Gasteiger partial charge in [0, 0.05) is 18.5 Å². The number of aliphatic carboxylic acids is 1. The summed E-state index contributed by atoms with van der Waals surface area (Å²) >= 11 is 0. The summed E-state index contributed by atoms with van der Waals surface area (Å²) in [6.45, 7) is 0.963. The molecule has 1 heterocycles. The van der Waals surface area contributed by atoms with Gasteiger partial charge in [0.25, 0.3) is 0 Å². The lowest BCUT2D eigenvalue weighted by atomic mass is 9.56. The average molecular weight is 288 g/mol. The van der Waals surface area contributed by atoms with Gasteiger partial charge in [-0.2, -0.15) is 0 Å². The number of nitrogens with zero attached hydrogens (tertiary/aromatic N) is 1. The third-order valence-corrected chi connectivity index (χ3v) is 4.72. The Kier molecular flexibility index (Phi) is 3.57. The first-order valence-electron chi connectivity index (χ1n) is 7.44. The van der Waals surface area contributed by atoms with Crippen molar-refractivity contribution in [2.24, 2.45) is 5.41 Å². The van der Waals surface area contributed by atoms with Gasteiger partial charge in [0.1, 0.15) is 0 Å². The highest BCUT2D eigenvalue weighted by atomic mass is 16.4. The maximum absolute atomic E-state index is 12.2. The molecular formula is C16H20N2O3. The fraction of sp³-hybridized carbons (Fsp3) is 0.500. The number of carbonyl (C=O) groups excluding carboxylic acids is 1. The molecule has 1 unspecified atom stereocenters. The Morgan fingerprint density at radius 1 is 1.29 bits per heavy atom. The zero-order chi connectivity index (χ0) is 14.9. The Bertz CT molecular complexity index is 540. The van der Waals surface area contributed by atoms with Crippen LogP contribution < -0.4 is 5.32 Å². The summed E-state index contributed by atoms with van der Waals surface area (Å²) in [5, 5.41) is 11.3. The van der Waals surface area contributed by atoms with Gasteiger partial charge >= 0.3 is 12.0 Å². The molecular weight excluding hydrogens is 268 g/mol. The summed E-state index contributed by atoms with van der Waals surface area (Å²) in [6, 6.07) is 10.1. The van der Waals surface area contributed by atoms with Crippen molar-refractivity contribution in [3.63, 3.8) is 0 Å². The summed E-state index contributed by atoms with van der Waals surface area (Å²) < 4.78 is 0. The minimum absolute atomic E-state index is 0.0409. The molecule has 1 aliphatic heterocycles. The fourth-order valence-electron chi connectivity index (χ4n) is 3.53. The molecule has 1 atom stereocenters.